The van der Waals surface area contributed by atoms with Gasteiger partial charge in [0.2, 0.25) is 0 Å². The molecule has 0 saturated carbocycles. The Labute approximate surface area is 60.0 Å². The summed E-state index contributed by atoms with van der Waals surface area (Å²) in [5, 5.41) is 0. The molecule has 0 nitrogen and oxygen atoms in total. The predicted molar refractivity (Wildman–Crippen MR) is 35.7 cm³/mol. The quantitative estimate of drug-likeness (QED) is 0.492. The lowest BCUT2D eigenvalue weighted by Gasteiger charge is -1.72. The number of hydrogen-bond donors (Lipinski definition) is 0. The molecule has 0 aromatic rings. The van der Waals surface area contributed by atoms with Gasteiger partial charge in [0.15, 0.2) is 0 Å². The van der Waals surface area contributed by atoms with Gasteiger partial charge in [0, 0.05) is 0 Å². The first-order valence-electron chi connectivity index (χ1n) is 1.01. The van der Waals surface area contributed by atoms with E-state index >= 15 is 0 Å². The van der Waals surface area contributed by atoms with Gasteiger partial charge in [-0.1, -0.05) is 0 Å². The molecule has 0 amide bonds. The monoisotopic (exact) mass is 170 g/mol. The average Bonchev–Trinajstić information content (AvgIpc) is 0.811. The first-order chi connectivity index (χ1) is 1.73. The molecule has 0 aliphatic rings. The van der Waals surface area contributed by atoms with Crippen molar-refractivity contribution >= 4 is 48.0 Å². The molecule has 42 valence electrons. The maximum absolute atomic E-state index is 5.04. The van der Waals surface area contributed by atoms with Crippen molar-refractivity contribution in [3.63, 3.8) is 0 Å². The van der Waals surface area contributed by atoms with E-state index in [1.807, 2.05) is 0 Å². The van der Waals surface area contributed by atoms with Crippen molar-refractivity contribution < 1.29 is 0 Å². The first kappa shape index (κ1) is 15.7. The molecule has 0 aliphatic heterocycles. The van der Waals surface area contributed by atoms with Gasteiger partial charge < -0.3 is 0 Å². The Kier molecular flexibility index (Phi) is 24.8. The molecule has 0 unspecified atom stereocenters. The van der Waals surface area contributed by atoms with Crippen LogP contribution >= 0.6 is 48.0 Å². The van der Waals surface area contributed by atoms with Gasteiger partial charge in [-0.3, -0.25) is 0 Å². The zero-order valence-electron chi connectivity index (χ0n) is 3.15. The lowest BCUT2D eigenvalue weighted by atomic mass is 11.0. The second kappa shape index (κ2) is 9.48. The third-order valence-corrected chi connectivity index (χ3v) is 0. The van der Waals surface area contributed by atoms with Crippen molar-refractivity contribution in [2.24, 2.45) is 0 Å². The Morgan fingerprint density at radius 1 is 1.17 bits per heavy atom. The minimum atomic E-state index is -0.222. The second-order valence-corrected chi connectivity index (χ2v) is 2.05. The molecule has 0 aromatic carbocycles. The Morgan fingerprint density at radius 3 is 1.17 bits per heavy atom. The Balaban J connectivity index is -0.0000000450. The van der Waals surface area contributed by atoms with E-state index in [9.17, 15) is 0 Å². The van der Waals surface area contributed by atoms with E-state index < -0.39 is 0 Å². The molecule has 0 atom stereocenters. The highest BCUT2D eigenvalue weighted by atomic mass is 35.5. The summed E-state index contributed by atoms with van der Waals surface area (Å²) < 4.78 is 0. The van der Waals surface area contributed by atoms with Gasteiger partial charge in [0.25, 0.3) is 0 Å². The number of halogens is 4. The van der Waals surface area contributed by atoms with E-state index in [1.165, 1.54) is 0 Å². The fourth-order valence-electron chi connectivity index (χ4n) is 0. The van der Waals surface area contributed by atoms with Gasteiger partial charge >= 0.3 is 0 Å². The fourth-order valence-corrected chi connectivity index (χ4v) is 0. The largest absolute Gasteiger partial charge is 0.147 e. The number of hydrogen-bond acceptors (Lipinski definition) is 0. The average molecular weight is 172 g/mol. The van der Waals surface area contributed by atoms with Gasteiger partial charge in [-0.15, -0.1) is 48.0 Å². The predicted octanol–water partition coefficient (Wildman–Crippen LogP) is 2.65. The third kappa shape index (κ3) is 66.4. The SMILES string of the molecule is CC(Cl)Cl.Cl.Cl. The Bertz CT molecular complexity index is 10.3. The van der Waals surface area contributed by atoms with Gasteiger partial charge in [0.05, 0.1) is 0 Å². The smallest absolute Gasteiger partial charge is 0.105 e. The molecule has 0 bridgehead atoms. The minimum Gasteiger partial charge on any atom is -0.147 e. The van der Waals surface area contributed by atoms with Crippen LogP contribution in [0.3, 0.4) is 0 Å². The highest BCUT2D eigenvalue weighted by Gasteiger charge is 1.75. The van der Waals surface area contributed by atoms with Crippen LogP contribution in [-0.4, -0.2) is 4.84 Å². The van der Waals surface area contributed by atoms with Crippen molar-refractivity contribution in [1.29, 1.82) is 0 Å². The van der Waals surface area contributed by atoms with Crippen LogP contribution in [0.1, 0.15) is 6.92 Å². The zero-order valence-corrected chi connectivity index (χ0v) is 6.29. The van der Waals surface area contributed by atoms with E-state index in [2.05, 4.69) is 0 Å². The molecule has 0 aliphatic carbocycles. The minimum absolute atomic E-state index is 0. The molecule has 6 heavy (non-hydrogen) atoms. The molecular formula is C2H6Cl4. The fraction of sp³-hybridized carbons (Fsp3) is 1.00. The van der Waals surface area contributed by atoms with Crippen molar-refractivity contribution in [3.8, 4) is 0 Å². The van der Waals surface area contributed by atoms with Gasteiger partial charge in [-0.2, -0.15) is 0 Å². The van der Waals surface area contributed by atoms with Crippen LogP contribution in [0.15, 0.2) is 0 Å². The molecule has 0 saturated heterocycles. The van der Waals surface area contributed by atoms with Crippen LogP contribution in [0.25, 0.3) is 0 Å². The highest BCUT2D eigenvalue weighted by molar-refractivity contribution is 6.43. The Hall–Kier alpha value is 1.16. The van der Waals surface area contributed by atoms with E-state index in [-0.39, 0.29) is 29.7 Å². The van der Waals surface area contributed by atoms with E-state index in [4.69, 9.17) is 23.2 Å². The standard InChI is InChI=1S/C2H4Cl2.2ClH/c1-2(3)4;;/h2H,1H3;2*1H. The lowest BCUT2D eigenvalue weighted by Crippen LogP contribution is -1.63. The van der Waals surface area contributed by atoms with E-state index in [0.717, 1.165) is 0 Å². The van der Waals surface area contributed by atoms with Gasteiger partial charge in [-0.05, 0) is 6.92 Å². The van der Waals surface area contributed by atoms with Crippen molar-refractivity contribution in [2.75, 3.05) is 0 Å². The summed E-state index contributed by atoms with van der Waals surface area (Å²) in [5.41, 5.74) is 0. The Morgan fingerprint density at radius 2 is 1.17 bits per heavy atom. The van der Waals surface area contributed by atoms with Crippen molar-refractivity contribution in [1.82, 2.24) is 0 Å². The third-order valence-electron chi connectivity index (χ3n) is 0. The summed E-state index contributed by atoms with van der Waals surface area (Å²) in [5.74, 6) is 0. The molecule has 0 fully saturated rings. The summed E-state index contributed by atoms with van der Waals surface area (Å²) in [6.45, 7) is 1.70. The maximum Gasteiger partial charge on any atom is 0.105 e. The molecular weight excluding hydrogens is 166 g/mol. The van der Waals surface area contributed by atoms with Gasteiger partial charge in [0.1, 0.15) is 4.84 Å². The molecule has 0 radical (unpaired) electrons. The lowest BCUT2D eigenvalue weighted by molar-refractivity contribution is 1.39. The summed E-state index contributed by atoms with van der Waals surface area (Å²) in [6.07, 6.45) is 0. The summed E-state index contributed by atoms with van der Waals surface area (Å²) >= 11 is 10.1. The van der Waals surface area contributed by atoms with Crippen LogP contribution in [0.5, 0.6) is 0 Å². The first-order valence-corrected chi connectivity index (χ1v) is 1.89. The van der Waals surface area contributed by atoms with Crippen molar-refractivity contribution in [3.05, 3.63) is 0 Å². The molecule has 0 heterocycles. The van der Waals surface area contributed by atoms with Crippen molar-refractivity contribution in [2.45, 2.75) is 11.8 Å². The molecule has 0 N–H and O–H groups in total. The van der Waals surface area contributed by atoms with Crippen LogP contribution in [0.2, 0.25) is 0 Å². The molecule has 0 rings (SSSR count). The second-order valence-electron chi connectivity index (χ2n) is 0.519. The summed E-state index contributed by atoms with van der Waals surface area (Å²) in [7, 11) is 0. The van der Waals surface area contributed by atoms with Crippen LogP contribution < -0.4 is 0 Å². The number of alkyl halides is 2. The van der Waals surface area contributed by atoms with Gasteiger partial charge in [-0.25, -0.2) is 0 Å². The van der Waals surface area contributed by atoms with E-state index in [1.54, 1.807) is 6.92 Å². The van der Waals surface area contributed by atoms with Crippen LogP contribution in [-0.2, 0) is 0 Å². The summed E-state index contributed by atoms with van der Waals surface area (Å²) in [4.78, 5) is -0.222. The van der Waals surface area contributed by atoms with Crippen LogP contribution in [0, 0.1) is 0 Å². The topological polar surface area (TPSA) is 0 Å². The number of rotatable bonds is 0. The molecule has 0 spiro atoms. The normalized spacial score (nSPS) is 6.00. The van der Waals surface area contributed by atoms with Crippen LogP contribution in [0.4, 0.5) is 0 Å². The zero-order chi connectivity index (χ0) is 3.58. The van der Waals surface area contributed by atoms with E-state index in [0.29, 0.717) is 0 Å². The molecule has 0 aromatic heterocycles. The highest BCUT2D eigenvalue weighted by Crippen LogP contribution is 1.95. The summed E-state index contributed by atoms with van der Waals surface area (Å²) in [6, 6.07) is 0. The molecule has 4 heteroatoms. The maximum atomic E-state index is 5.04.